The summed E-state index contributed by atoms with van der Waals surface area (Å²) in [5, 5.41) is 20.4. The molecule has 2 atom stereocenters. The van der Waals surface area contributed by atoms with Crippen LogP contribution in [0.4, 0.5) is 0 Å². The summed E-state index contributed by atoms with van der Waals surface area (Å²) in [4.78, 5) is 25.5. The normalized spacial score (nSPS) is 12.9. The van der Waals surface area contributed by atoms with Crippen molar-refractivity contribution >= 4 is 17.4 Å². The van der Waals surface area contributed by atoms with Crippen molar-refractivity contribution in [3.8, 4) is 17.7 Å². The number of carbonyl (C=O) groups excluding carboxylic acids is 1. The zero-order chi connectivity index (χ0) is 20.3. The van der Waals surface area contributed by atoms with Gasteiger partial charge in [-0.3, -0.25) is 14.2 Å². The van der Waals surface area contributed by atoms with Gasteiger partial charge in [-0.2, -0.15) is 5.26 Å². The number of nitriles is 1. The number of ether oxygens (including phenoxy) is 1. The Morgan fingerprint density at radius 1 is 1.37 bits per heavy atom. The van der Waals surface area contributed by atoms with Gasteiger partial charge in [0.05, 0.1) is 10.6 Å². The minimum Gasteiger partial charge on any atom is -0.494 e. The van der Waals surface area contributed by atoms with Crippen LogP contribution in [-0.4, -0.2) is 21.6 Å². The highest BCUT2D eigenvalue weighted by Gasteiger charge is 2.29. The highest BCUT2D eigenvalue weighted by Crippen LogP contribution is 2.29. The smallest absolute Gasteiger partial charge is 0.271 e. The predicted molar refractivity (Wildman–Crippen MR) is 103 cm³/mol. The molecular formula is C20H21ClN2O4. The molecule has 2 rings (SSSR count). The van der Waals surface area contributed by atoms with E-state index >= 15 is 0 Å². The van der Waals surface area contributed by atoms with E-state index in [1.807, 2.05) is 13.0 Å². The van der Waals surface area contributed by atoms with Gasteiger partial charge in [0.25, 0.3) is 5.56 Å². The number of rotatable bonds is 6. The molecule has 0 fully saturated rings. The van der Waals surface area contributed by atoms with Crippen molar-refractivity contribution < 1.29 is 14.6 Å². The molecule has 0 aliphatic rings. The van der Waals surface area contributed by atoms with Crippen molar-refractivity contribution in [1.82, 2.24) is 4.57 Å². The number of hydrogen-bond donors (Lipinski definition) is 1. The summed E-state index contributed by atoms with van der Waals surface area (Å²) >= 11 is 6.06. The number of ketones is 1. The fourth-order valence-corrected chi connectivity index (χ4v) is 2.98. The topological polar surface area (TPSA) is 92.3 Å². The fraction of sp³-hybridized carbons (Fsp3) is 0.350. The molecule has 0 saturated carbocycles. The molecule has 2 aromatic rings. The second kappa shape index (κ2) is 8.28. The molecule has 0 saturated heterocycles. The van der Waals surface area contributed by atoms with Crippen LogP contribution in [0.3, 0.4) is 0 Å². The highest BCUT2D eigenvalue weighted by molar-refractivity contribution is 6.32. The third-order valence-corrected chi connectivity index (χ3v) is 4.85. The highest BCUT2D eigenvalue weighted by atomic mass is 35.5. The van der Waals surface area contributed by atoms with Gasteiger partial charge in [0.15, 0.2) is 6.10 Å². The predicted octanol–water partition coefficient (Wildman–Crippen LogP) is 4.01. The van der Waals surface area contributed by atoms with E-state index in [0.717, 1.165) is 4.57 Å². The van der Waals surface area contributed by atoms with E-state index in [9.17, 15) is 20.0 Å². The molecule has 7 heteroatoms. The van der Waals surface area contributed by atoms with E-state index in [2.05, 4.69) is 0 Å². The summed E-state index contributed by atoms with van der Waals surface area (Å²) in [6, 6.07) is 8.18. The Morgan fingerprint density at radius 3 is 2.56 bits per heavy atom. The maximum Gasteiger partial charge on any atom is 0.271 e. The van der Waals surface area contributed by atoms with Gasteiger partial charge in [-0.05, 0) is 44.9 Å². The Bertz CT molecular complexity index is 975. The van der Waals surface area contributed by atoms with Crippen molar-refractivity contribution in [2.24, 2.45) is 0 Å². The van der Waals surface area contributed by atoms with Crippen LogP contribution >= 0.6 is 11.6 Å². The molecule has 6 nitrogen and oxygen atoms in total. The molecule has 1 aromatic carbocycles. The number of pyridine rings is 1. The van der Waals surface area contributed by atoms with Gasteiger partial charge in [-0.1, -0.05) is 30.7 Å². The van der Waals surface area contributed by atoms with E-state index in [0.29, 0.717) is 17.2 Å². The largest absolute Gasteiger partial charge is 0.494 e. The number of benzene rings is 1. The third-order valence-electron chi connectivity index (χ3n) is 4.53. The quantitative estimate of drug-likeness (QED) is 0.755. The summed E-state index contributed by atoms with van der Waals surface area (Å²) in [6.07, 6.45) is -0.440. The number of aromatic nitrogens is 1. The molecule has 0 aliphatic heterocycles. The summed E-state index contributed by atoms with van der Waals surface area (Å²) < 4.78 is 6.72. The van der Waals surface area contributed by atoms with Gasteiger partial charge in [0.1, 0.15) is 17.4 Å². The monoisotopic (exact) mass is 388 g/mol. The molecular weight excluding hydrogens is 368 g/mol. The average Bonchev–Trinajstić information content (AvgIpc) is 2.63. The van der Waals surface area contributed by atoms with E-state index in [4.69, 9.17) is 16.3 Å². The Hall–Kier alpha value is -2.78. The second-order valence-electron chi connectivity index (χ2n) is 6.30. The number of halogens is 1. The first-order chi connectivity index (χ1) is 12.7. The summed E-state index contributed by atoms with van der Waals surface area (Å²) in [5.41, 5.74) is -0.732. The molecule has 0 aliphatic carbocycles. The van der Waals surface area contributed by atoms with Crippen LogP contribution < -0.4 is 10.3 Å². The zero-order valence-electron chi connectivity index (χ0n) is 15.6. The number of para-hydroxylation sites is 1. The van der Waals surface area contributed by atoms with E-state index in [1.165, 1.54) is 13.8 Å². The molecule has 0 amide bonds. The SMILES string of the molecule is CCC(C)n1c(O)c(C(=O)C(C)Oc2ccccc2Cl)c(C)c(C#N)c1=O. The summed E-state index contributed by atoms with van der Waals surface area (Å²) in [6.45, 7) is 6.56. The Kier molecular flexibility index (Phi) is 6.29. The maximum atomic E-state index is 13.0. The number of aromatic hydroxyl groups is 1. The molecule has 27 heavy (non-hydrogen) atoms. The average molecular weight is 389 g/mol. The molecule has 0 radical (unpaired) electrons. The van der Waals surface area contributed by atoms with Crippen molar-refractivity contribution in [3.63, 3.8) is 0 Å². The number of carbonyl (C=O) groups is 1. The first-order valence-electron chi connectivity index (χ1n) is 8.58. The number of Topliss-reactive ketones (excluding diaryl/α,β-unsaturated/α-hetero) is 1. The molecule has 142 valence electrons. The van der Waals surface area contributed by atoms with Gasteiger partial charge in [0, 0.05) is 6.04 Å². The van der Waals surface area contributed by atoms with E-state index in [1.54, 1.807) is 31.2 Å². The van der Waals surface area contributed by atoms with Crippen molar-refractivity contribution in [3.05, 3.63) is 56.3 Å². The van der Waals surface area contributed by atoms with Crippen LogP contribution in [0.5, 0.6) is 11.6 Å². The van der Waals surface area contributed by atoms with Crippen LogP contribution in [0, 0.1) is 18.3 Å². The maximum absolute atomic E-state index is 13.0. The molecule has 2 unspecified atom stereocenters. The number of hydrogen-bond acceptors (Lipinski definition) is 5. The standard InChI is InChI=1S/C20H21ClN2O4/c1-5-11(2)23-19(25)14(10-22)12(3)17(20(23)26)18(24)13(4)27-16-9-7-6-8-15(16)21/h6-9,11,13,26H,5H2,1-4H3. The molecule has 1 heterocycles. The van der Waals surface area contributed by atoms with Gasteiger partial charge < -0.3 is 9.84 Å². The van der Waals surface area contributed by atoms with Crippen molar-refractivity contribution in [2.45, 2.75) is 46.3 Å². The minimum absolute atomic E-state index is 0.0917. The first kappa shape index (κ1) is 20.5. The Labute approximate surface area is 162 Å². The first-order valence-corrected chi connectivity index (χ1v) is 8.95. The summed E-state index contributed by atoms with van der Waals surface area (Å²) in [7, 11) is 0. The molecule has 0 bridgehead atoms. The van der Waals surface area contributed by atoms with Gasteiger partial charge in [0.2, 0.25) is 11.7 Å². The molecule has 0 spiro atoms. The van der Waals surface area contributed by atoms with Crippen LogP contribution in [0.15, 0.2) is 29.1 Å². The Morgan fingerprint density at radius 2 is 2.00 bits per heavy atom. The molecule has 1 N–H and O–H groups in total. The van der Waals surface area contributed by atoms with Crippen LogP contribution in [-0.2, 0) is 0 Å². The van der Waals surface area contributed by atoms with Gasteiger partial charge in [-0.25, -0.2) is 0 Å². The lowest BCUT2D eigenvalue weighted by Gasteiger charge is -2.21. The van der Waals surface area contributed by atoms with E-state index < -0.39 is 23.3 Å². The molecule has 1 aromatic heterocycles. The van der Waals surface area contributed by atoms with Crippen LogP contribution in [0.25, 0.3) is 0 Å². The van der Waals surface area contributed by atoms with Crippen LogP contribution in [0.2, 0.25) is 5.02 Å². The fourth-order valence-electron chi connectivity index (χ4n) is 2.80. The van der Waals surface area contributed by atoms with Crippen LogP contribution in [0.1, 0.15) is 54.7 Å². The second-order valence-corrected chi connectivity index (χ2v) is 6.70. The third kappa shape index (κ3) is 3.83. The minimum atomic E-state index is -0.982. The number of nitrogens with zero attached hydrogens (tertiary/aromatic N) is 2. The van der Waals surface area contributed by atoms with Crippen molar-refractivity contribution in [2.75, 3.05) is 0 Å². The van der Waals surface area contributed by atoms with Crippen molar-refractivity contribution in [1.29, 1.82) is 5.26 Å². The summed E-state index contributed by atoms with van der Waals surface area (Å²) in [5.74, 6) is -0.670. The van der Waals surface area contributed by atoms with Gasteiger partial charge >= 0.3 is 0 Å². The lowest BCUT2D eigenvalue weighted by molar-refractivity contribution is 0.0812. The van der Waals surface area contributed by atoms with Gasteiger partial charge in [-0.15, -0.1) is 0 Å². The lowest BCUT2D eigenvalue weighted by Crippen LogP contribution is -2.32. The lowest BCUT2D eigenvalue weighted by atomic mass is 9.98. The zero-order valence-corrected chi connectivity index (χ0v) is 16.4. The Balaban J connectivity index is 2.57. The van der Waals surface area contributed by atoms with E-state index in [-0.39, 0.29) is 22.7 Å².